The zero-order valence-electron chi connectivity index (χ0n) is 19.5. The van der Waals surface area contributed by atoms with Gasteiger partial charge in [0.1, 0.15) is 18.2 Å². The summed E-state index contributed by atoms with van der Waals surface area (Å²) in [5.41, 5.74) is 5.50. The van der Waals surface area contributed by atoms with Crippen molar-refractivity contribution in [2.45, 2.75) is 18.3 Å². The largest absolute Gasteiger partial charge is 1.00 e. The monoisotopic (exact) mass is 527 g/mol. The van der Waals surface area contributed by atoms with Crippen molar-refractivity contribution in [1.29, 1.82) is 0 Å². The van der Waals surface area contributed by atoms with Crippen molar-refractivity contribution < 1.29 is 48.6 Å². The number of carbonyl (C=O) groups excluding carboxylic acids is 1. The predicted octanol–water partition coefficient (Wildman–Crippen LogP) is 3.06. The van der Waals surface area contributed by atoms with Crippen molar-refractivity contribution in [3.8, 4) is 5.75 Å². The molecule has 0 N–H and O–H groups in total. The number of carbonyl (C=O) groups is 1. The quantitative estimate of drug-likeness (QED) is 0.361. The molecule has 0 amide bonds. The first-order valence-electron chi connectivity index (χ1n) is 11.1. The van der Waals surface area contributed by atoms with E-state index in [0.717, 1.165) is 33.7 Å². The van der Waals surface area contributed by atoms with E-state index in [1.54, 1.807) is 11.8 Å². The molecule has 1 aliphatic heterocycles. The summed E-state index contributed by atoms with van der Waals surface area (Å²) in [6.45, 7) is 0.458. The average molecular weight is 528 g/mol. The summed E-state index contributed by atoms with van der Waals surface area (Å²) in [5.74, 6) is -0.306. The summed E-state index contributed by atoms with van der Waals surface area (Å²) in [6.07, 6.45) is 3.84. The number of benzene rings is 3. The van der Waals surface area contributed by atoms with Crippen molar-refractivity contribution in [1.82, 2.24) is 4.98 Å². The predicted molar refractivity (Wildman–Crippen MR) is 137 cm³/mol. The number of nitrogens with zero attached hydrogens (tertiary/aromatic N) is 1. The van der Waals surface area contributed by atoms with Crippen LogP contribution in [0.1, 0.15) is 39.6 Å². The fourth-order valence-corrected chi connectivity index (χ4v) is 5.55. The fourth-order valence-electron chi connectivity index (χ4n) is 4.10. The van der Waals surface area contributed by atoms with Gasteiger partial charge in [0.2, 0.25) is 0 Å². The van der Waals surface area contributed by atoms with Crippen molar-refractivity contribution >= 4 is 52.4 Å². The number of ether oxygens (including phenoxy) is 1. The van der Waals surface area contributed by atoms with Gasteiger partial charge >= 0.3 is 29.6 Å². The molecule has 4 aromatic rings. The van der Waals surface area contributed by atoms with E-state index in [1.165, 1.54) is 12.1 Å². The van der Waals surface area contributed by atoms with E-state index >= 15 is 0 Å². The third kappa shape index (κ3) is 5.96. The molecule has 36 heavy (non-hydrogen) atoms. The number of aromatic nitrogens is 1. The number of aliphatic carboxylic acids is 1. The van der Waals surface area contributed by atoms with Crippen molar-refractivity contribution in [2.24, 2.45) is 0 Å². The molecule has 2 heterocycles. The van der Waals surface area contributed by atoms with Crippen LogP contribution < -0.4 is 39.4 Å². The number of carboxylic acid groups (broad SMARTS) is 1. The van der Waals surface area contributed by atoms with Crippen LogP contribution in [0.25, 0.3) is 23.1 Å². The van der Waals surface area contributed by atoms with Gasteiger partial charge in [-0.3, -0.25) is 0 Å². The zero-order chi connectivity index (χ0) is 24.4. The number of carboxylic acids is 1. The summed E-state index contributed by atoms with van der Waals surface area (Å²) in [6, 6.07) is 20.6. The van der Waals surface area contributed by atoms with E-state index < -0.39 is 11.8 Å². The van der Waals surface area contributed by atoms with Crippen LogP contribution in [0.15, 0.2) is 66.7 Å². The van der Waals surface area contributed by atoms with Crippen LogP contribution in [0.3, 0.4) is 0 Å². The second-order valence-corrected chi connectivity index (χ2v) is 9.81. The third-order valence-electron chi connectivity index (χ3n) is 5.83. The number of rotatable bonds is 6. The summed E-state index contributed by atoms with van der Waals surface area (Å²) >= 11 is 7.48. The van der Waals surface area contributed by atoms with Crippen LogP contribution in [0.5, 0.6) is 5.75 Å². The molecule has 0 saturated heterocycles. The second kappa shape index (κ2) is 11.8. The summed E-state index contributed by atoms with van der Waals surface area (Å²) in [5, 5.41) is 11.7. The Morgan fingerprint density at radius 2 is 1.94 bits per heavy atom. The molecule has 3 aromatic carbocycles. The Bertz CT molecular complexity index is 1460. The van der Waals surface area contributed by atoms with Gasteiger partial charge in [0.05, 0.1) is 21.5 Å². The Kier molecular flexibility index (Phi) is 8.75. The first kappa shape index (κ1) is 26.7. The molecular weight excluding hydrogens is 508 g/mol. The fraction of sp³-hybridized carbons (Fsp3) is 0.143. The number of pyridine rings is 1. The van der Waals surface area contributed by atoms with E-state index in [4.69, 9.17) is 16.3 Å². The van der Waals surface area contributed by atoms with Crippen molar-refractivity contribution in [3.63, 3.8) is 0 Å². The molecule has 0 fully saturated rings. The average Bonchev–Trinajstić information content (AvgIpc) is 3.00. The smallest absolute Gasteiger partial charge is 0.550 e. The molecule has 1 aliphatic rings. The Morgan fingerprint density at radius 1 is 1.11 bits per heavy atom. The Labute approximate surface area is 239 Å². The minimum Gasteiger partial charge on any atom is -0.550 e. The minimum absolute atomic E-state index is 0. The van der Waals surface area contributed by atoms with Crippen LogP contribution in [-0.4, -0.2) is 16.7 Å². The molecule has 8 heteroatoms. The second-order valence-electron chi connectivity index (χ2n) is 8.19. The maximum atomic E-state index is 13.7. The van der Waals surface area contributed by atoms with Gasteiger partial charge < -0.3 is 14.6 Å². The van der Waals surface area contributed by atoms with Gasteiger partial charge in [0.15, 0.2) is 0 Å². The Hall–Kier alpha value is -2.35. The van der Waals surface area contributed by atoms with E-state index in [0.29, 0.717) is 23.3 Å². The molecule has 176 valence electrons. The maximum absolute atomic E-state index is 13.7. The Morgan fingerprint density at radius 3 is 2.78 bits per heavy atom. The first-order chi connectivity index (χ1) is 17.0. The number of hydrogen-bond donors (Lipinski definition) is 0. The van der Waals surface area contributed by atoms with Crippen LogP contribution in [0.2, 0.25) is 5.02 Å². The van der Waals surface area contributed by atoms with Gasteiger partial charge in [-0.25, -0.2) is 9.37 Å². The van der Waals surface area contributed by atoms with Gasteiger partial charge in [-0.1, -0.05) is 54.1 Å². The summed E-state index contributed by atoms with van der Waals surface area (Å²) < 4.78 is 19.8. The molecule has 0 spiro atoms. The first-order valence-corrected chi connectivity index (χ1v) is 12.5. The molecule has 0 radical (unpaired) electrons. The summed E-state index contributed by atoms with van der Waals surface area (Å²) in [7, 11) is 0. The van der Waals surface area contributed by atoms with Gasteiger partial charge in [-0.2, -0.15) is 0 Å². The van der Waals surface area contributed by atoms with Gasteiger partial charge in [-0.05, 0) is 65.3 Å². The number of fused-ring (bicyclic) bond motifs is 3. The van der Waals surface area contributed by atoms with Crippen LogP contribution in [-0.2, 0) is 11.4 Å². The molecule has 1 atom stereocenters. The van der Waals surface area contributed by atoms with Crippen LogP contribution >= 0.6 is 23.4 Å². The number of thioether (sulfide) groups is 1. The van der Waals surface area contributed by atoms with E-state index in [1.807, 2.05) is 54.6 Å². The molecule has 0 bridgehead atoms. The molecule has 4 nitrogen and oxygen atoms in total. The van der Waals surface area contributed by atoms with E-state index in [2.05, 4.69) is 17.1 Å². The Balaban J connectivity index is 0.00000304. The maximum Gasteiger partial charge on any atom is 1.00 e. The SMILES string of the molecule is O=C([O-])CCSC1c2ccccc2COc2ccc(C=Cc3ccc4cc(F)c(Cl)cc4n3)cc21.[Na+]. The third-order valence-corrected chi connectivity index (χ3v) is 7.40. The minimum atomic E-state index is -1.06. The van der Waals surface area contributed by atoms with E-state index in [-0.39, 0.29) is 46.3 Å². The summed E-state index contributed by atoms with van der Waals surface area (Å²) in [4.78, 5) is 15.6. The number of halogens is 2. The molecule has 0 saturated carbocycles. The van der Waals surface area contributed by atoms with Gasteiger partial charge in [-0.15, -0.1) is 11.8 Å². The van der Waals surface area contributed by atoms with E-state index in [9.17, 15) is 14.3 Å². The van der Waals surface area contributed by atoms with Crippen LogP contribution in [0.4, 0.5) is 4.39 Å². The molecule has 0 aliphatic carbocycles. The molecule has 5 rings (SSSR count). The van der Waals surface area contributed by atoms with Crippen LogP contribution in [0, 0.1) is 5.82 Å². The topological polar surface area (TPSA) is 62.2 Å². The van der Waals surface area contributed by atoms with Crippen molar-refractivity contribution in [2.75, 3.05) is 5.75 Å². The molecular formula is C28H20ClFNNaO3S. The van der Waals surface area contributed by atoms with Crippen molar-refractivity contribution in [3.05, 3.63) is 106 Å². The van der Waals surface area contributed by atoms with Gasteiger partial charge in [0.25, 0.3) is 0 Å². The van der Waals surface area contributed by atoms with Gasteiger partial charge in [0, 0.05) is 16.9 Å². The standard InChI is InChI=1S/C28H21ClFNO3S.Na/c29-23-15-25-18(14-24(23)30)7-9-20(31-25)8-5-17-6-10-26-22(13-17)28(35-12-11-27(32)33)21-4-2-1-3-19(21)16-34-26;/h1-10,13-15,28H,11-12,16H2,(H,32,33);/q;+1/p-1. The zero-order valence-corrected chi connectivity index (χ0v) is 23.1. The molecule has 1 aromatic heterocycles. The number of hydrogen-bond acceptors (Lipinski definition) is 5. The molecule has 1 unspecified atom stereocenters. The normalized spacial score (nSPS) is 14.4.